The molecule has 150 valence electrons. The van der Waals surface area contributed by atoms with Crippen LogP contribution >= 0.6 is 0 Å². The number of fused-ring (bicyclic) bond motifs is 2. The quantitative estimate of drug-likeness (QED) is 0.515. The Labute approximate surface area is 171 Å². The number of carbonyl (C=O) groups excluding carboxylic acids is 1. The minimum Gasteiger partial charge on any atom is -0.324 e. The van der Waals surface area contributed by atoms with E-state index in [2.05, 4.69) is 10.6 Å². The number of benzene rings is 3. The van der Waals surface area contributed by atoms with E-state index in [0.29, 0.717) is 22.4 Å². The predicted molar refractivity (Wildman–Crippen MR) is 109 cm³/mol. The summed E-state index contributed by atoms with van der Waals surface area (Å²) in [7, 11) is 0. The van der Waals surface area contributed by atoms with Gasteiger partial charge in [0.1, 0.15) is 17.4 Å². The fourth-order valence-corrected chi connectivity index (χ4v) is 4.91. The molecule has 1 spiro atoms. The van der Waals surface area contributed by atoms with E-state index < -0.39 is 35.3 Å². The number of rotatable bonds is 3. The summed E-state index contributed by atoms with van der Waals surface area (Å²) in [6.45, 7) is 0. The van der Waals surface area contributed by atoms with Gasteiger partial charge in [0.05, 0.1) is 5.92 Å². The van der Waals surface area contributed by atoms with Crippen molar-refractivity contribution in [2.75, 3.05) is 5.32 Å². The van der Waals surface area contributed by atoms with Gasteiger partial charge in [0.15, 0.2) is 0 Å². The number of nitrogens with one attached hydrogen (secondary N) is 2. The van der Waals surface area contributed by atoms with Gasteiger partial charge in [-0.25, -0.2) is 4.39 Å². The summed E-state index contributed by atoms with van der Waals surface area (Å²) >= 11 is 0. The van der Waals surface area contributed by atoms with Gasteiger partial charge < -0.3 is 5.32 Å². The fraction of sp³-hybridized carbons (Fsp3) is 0.174. The molecule has 1 fully saturated rings. The van der Waals surface area contributed by atoms with Crippen LogP contribution in [0, 0.1) is 15.9 Å². The van der Waals surface area contributed by atoms with Crippen LogP contribution in [0.4, 0.5) is 10.1 Å². The summed E-state index contributed by atoms with van der Waals surface area (Å²) in [6, 6.07) is 20.2. The molecule has 6 nitrogen and oxygen atoms in total. The number of nitro groups is 1. The average molecular weight is 403 g/mol. The number of amides is 1. The monoisotopic (exact) mass is 403 g/mol. The van der Waals surface area contributed by atoms with Gasteiger partial charge in [0.2, 0.25) is 11.9 Å². The number of halogens is 1. The van der Waals surface area contributed by atoms with Crippen LogP contribution in [0.25, 0.3) is 0 Å². The SMILES string of the molecule is O=C1Nc2ccc(F)cc2[C@]12N[C@H](c1ccccc1)[C@@H]([N+](=O)[O-])[C@H]2c1ccccc1. The first-order chi connectivity index (χ1) is 14.5. The molecule has 0 bridgehead atoms. The molecule has 0 unspecified atom stereocenters. The van der Waals surface area contributed by atoms with Crippen LogP contribution in [-0.4, -0.2) is 16.9 Å². The zero-order valence-corrected chi connectivity index (χ0v) is 15.8. The molecular weight excluding hydrogens is 385 g/mol. The van der Waals surface area contributed by atoms with Crippen molar-refractivity contribution in [3.05, 3.63) is 111 Å². The van der Waals surface area contributed by atoms with E-state index in [1.165, 1.54) is 18.2 Å². The third-order valence-corrected chi connectivity index (χ3v) is 6.11. The number of carbonyl (C=O) groups is 1. The molecule has 2 aliphatic heterocycles. The van der Waals surface area contributed by atoms with Crippen molar-refractivity contribution in [3.63, 3.8) is 0 Å². The molecule has 2 N–H and O–H groups in total. The van der Waals surface area contributed by atoms with E-state index in [1.807, 2.05) is 12.1 Å². The maximum Gasteiger partial charge on any atom is 0.250 e. The van der Waals surface area contributed by atoms with E-state index in [0.717, 1.165) is 0 Å². The smallest absolute Gasteiger partial charge is 0.250 e. The first-order valence-electron chi connectivity index (χ1n) is 9.65. The second-order valence-corrected chi connectivity index (χ2v) is 7.65. The molecule has 1 saturated heterocycles. The van der Waals surface area contributed by atoms with Crippen LogP contribution in [0.5, 0.6) is 0 Å². The van der Waals surface area contributed by atoms with Gasteiger partial charge >= 0.3 is 0 Å². The van der Waals surface area contributed by atoms with Gasteiger partial charge in [-0.3, -0.25) is 20.2 Å². The Hall–Kier alpha value is -3.58. The van der Waals surface area contributed by atoms with E-state index in [4.69, 9.17) is 0 Å². The molecule has 0 radical (unpaired) electrons. The molecule has 3 aromatic carbocycles. The van der Waals surface area contributed by atoms with Crippen LogP contribution in [0.1, 0.15) is 28.7 Å². The highest BCUT2D eigenvalue weighted by molar-refractivity contribution is 6.07. The van der Waals surface area contributed by atoms with Gasteiger partial charge in [-0.05, 0) is 29.3 Å². The second-order valence-electron chi connectivity index (χ2n) is 7.65. The van der Waals surface area contributed by atoms with Crippen molar-refractivity contribution in [1.29, 1.82) is 0 Å². The molecule has 3 aromatic rings. The topological polar surface area (TPSA) is 84.3 Å². The molecule has 5 rings (SSSR count). The minimum atomic E-state index is -1.46. The standard InChI is InChI=1S/C23H18FN3O3/c24-16-11-12-18-17(13-16)23(22(28)25-18)19(14-7-3-1-4-8-14)21(27(29)30)20(26-23)15-9-5-2-6-10-15/h1-13,19-21,26H,(H,25,28)/t19-,20-,21+,23-/m1/s1. The van der Waals surface area contributed by atoms with Crippen molar-refractivity contribution in [2.45, 2.75) is 23.5 Å². The van der Waals surface area contributed by atoms with Crippen molar-refractivity contribution in [1.82, 2.24) is 5.32 Å². The third-order valence-electron chi connectivity index (χ3n) is 6.11. The Morgan fingerprint density at radius 1 is 0.933 bits per heavy atom. The van der Waals surface area contributed by atoms with Gasteiger partial charge in [0, 0.05) is 16.2 Å². The second kappa shape index (κ2) is 6.74. The predicted octanol–water partition coefficient (Wildman–Crippen LogP) is 3.75. The molecule has 0 aromatic heterocycles. The van der Waals surface area contributed by atoms with Gasteiger partial charge in [0.25, 0.3) is 0 Å². The average Bonchev–Trinajstić information content (AvgIpc) is 3.26. The third kappa shape index (κ3) is 2.55. The summed E-state index contributed by atoms with van der Waals surface area (Å²) in [4.78, 5) is 25.4. The van der Waals surface area contributed by atoms with Gasteiger partial charge in [-0.2, -0.15) is 0 Å². The highest BCUT2D eigenvalue weighted by Gasteiger charge is 2.66. The molecule has 0 saturated carbocycles. The maximum absolute atomic E-state index is 14.2. The Kier molecular flexibility index (Phi) is 4.15. The Morgan fingerprint density at radius 3 is 2.20 bits per heavy atom. The summed E-state index contributed by atoms with van der Waals surface area (Å²) in [5.41, 5.74) is 0.751. The lowest BCUT2D eigenvalue weighted by molar-refractivity contribution is -0.527. The summed E-state index contributed by atoms with van der Waals surface area (Å²) in [5, 5.41) is 18.4. The molecule has 30 heavy (non-hydrogen) atoms. The number of hydrogen-bond acceptors (Lipinski definition) is 4. The van der Waals surface area contributed by atoms with Crippen LogP contribution in [0.15, 0.2) is 78.9 Å². The highest BCUT2D eigenvalue weighted by atomic mass is 19.1. The first kappa shape index (κ1) is 18.4. The van der Waals surface area contributed by atoms with Crippen molar-refractivity contribution >= 4 is 11.6 Å². The van der Waals surface area contributed by atoms with Crippen LogP contribution in [-0.2, 0) is 10.3 Å². The van der Waals surface area contributed by atoms with E-state index >= 15 is 0 Å². The zero-order valence-electron chi connectivity index (χ0n) is 15.8. The summed E-state index contributed by atoms with van der Waals surface area (Å²) in [6.07, 6.45) is 0. The van der Waals surface area contributed by atoms with Crippen molar-refractivity contribution in [2.24, 2.45) is 0 Å². The van der Waals surface area contributed by atoms with Crippen molar-refractivity contribution < 1.29 is 14.1 Å². The Balaban J connectivity index is 1.79. The zero-order chi connectivity index (χ0) is 20.9. The minimum absolute atomic E-state index is 0.332. The lowest BCUT2D eigenvalue weighted by atomic mass is 9.74. The lowest BCUT2D eigenvalue weighted by Crippen LogP contribution is -2.48. The molecule has 0 aliphatic carbocycles. The highest BCUT2D eigenvalue weighted by Crippen LogP contribution is 2.55. The molecule has 2 aliphatic rings. The number of nitrogens with zero attached hydrogens (tertiary/aromatic N) is 1. The largest absolute Gasteiger partial charge is 0.324 e. The van der Waals surface area contributed by atoms with Crippen molar-refractivity contribution in [3.8, 4) is 0 Å². The first-order valence-corrected chi connectivity index (χ1v) is 9.65. The molecule has 2 heterocycles. The summed E-state index contributed by atoms with van der Waals surface area (Å²) in [5.74, 6) is -1.75. The lowest BCUT2D eigenvalue weighted by Gasteiger charge is -2.29. The fourth-order valence-electron chi connectivity index (χ4n) is 4.91. The Morgan fingerprint density at radius 2 is 1.57 bits per heavy atom. The van der Waals surface area contributed by atoms with Crippen LogP contribution < -0.4 is 10.6 Å². The molecule has 7 heteroatoms. The molecule has 4 atom stereocenters. The molecule has 1 amide bonds. The summed E-state index contributed by atoms with van der Waals surface area (Å²) < 4.78 is 14.2. The number of hydrogen-bond donors (Lipinski definition) is 2. The molecular formula is C23H18FN3O3. The number of anilines is 1. The van der Waals surface area contributed by atoms with Crippen LogP contribution in [0.2, 0.25) is 0 Å². The van der Waals surface area contributed by atoms with E-state index in [9.17, 15) is 19.3 Å². The maximum atomic E-state index is 14.2. The van der Waals surface area contributed by atoms with Gasteiger partial charge in [-0.1, -0.05) is 60.7 Å². The van der Waals surface area contributed by atoms with E-state index in [-0.39, 0.29) is 4.92 Å². The van der Waals surface area contributed by atoms with Crippen LogP contribution in [0.3, 0.4) is 0 Å². The normalized spacial score (nSPS) is 27.1. The Bertz CT molecular complexity index is 1140. The van der Waals surface area contributed by atoms with E-state index in [1.54, 1.807) is 48.5 Å². The van der Waals surface area contributed by atoms with Gasteiger partial charge in [-0.15, -0.1) is 0 Å².